The van der Waals surface area contributed by atoms with Gasteiger partial charge in [0.2, 0.25) is 0 Å². The first kappa shape index (κ1) is 11.0. The molecule has 0 heterocycles. The summed E-state index contributed by atoms with van der Waals surface area (Å²) in [5, 5.41) is 3.60. The SMILES string of the molecule is Cc1cc(Br)cc(NC(C)C2(C)CC2)c1. The molecule has 1 aromatic carbocycles. The molecule has 2 rings (SSSR count). The third-order valence-corrected chi connectivity index (χ3v) is 3.97. The standard InChI is InChI=1S/C13H18BrN/c1-9-6-11(14)8-12(7-9)15-10(2)13(3)4-5-13/h6-8,10,15H,4-5H2,1-3H3. The second-order valence-corrected chi connectivity index (χ2v) is 5.95. The van der Waals surface area contributed by atoms with Crippen LogP contribution in [0.15, 0.2) is 22.7 Å². The van der Waals surface area contributed by atoms with Crippen LogP contribution in [0.4, 0.5) is 5.69 Å². The van der Waals surface area contributed by atoms with Crippen molar-refractivity contribution in [1.82, 2.24) is 0 Å². The second kappa shape index (κ2) is 3.82. The van der Waals surface area contributed by atoms with Crippen LogP contribution >= 0.6 is 15.9 Å². The Hall–Kier alpha value is -0.500. The minimum absolute atomic E-state index is 0.524. The molecular weight excluding hydrogens is 250 g/mol. The Morgan fingerprint density at radius 2 is 2.00 bits per heavy atom. The molecule has 0 aromatic heterocycles. The largest absolute Gasteiger partial charge is 0.382 e. The molecule has 15 heavy (non-hydrogen) atoms. The summed E-state index contributed by atoms with van der Waals surface area (Å²) in [4.78, 5) is 0. The van der Waals surface area contributed by atoms with E-state index in [1.54, 1.807) is 0 Å². The first-order valence-corrected chi connectivity index (χ1v) is 6.33. The minimum Gasteiger partial charge on any atom is -0.382 e. The molecule has 1 saturated carbocycles. The van der Waals surface area contributed by atoms with E-state index in [-0.39, 0.29) is 0 Å². The maximum absolute atomic E-state index is 3.60. The van der Waals surface area contributed by atoms with Crippen LogP contribution in [0.2, 0.25) is 0 Å². The molecule has 1 atom stereocenters. The fourth-order valence-corrected chi connectivity index (χ4v) is 2.48. The Balaban J connectivity index is 2.10. The lowest BCUT2D eigenvalue weighted by molar-refractivity contribution is 0.493. The van der Waals surface area contributed by atoms with Crippen molar-refractivity contribution in [3.05, 3.63) is 28.2 Å². The van der Waals surface area contributed by atoms with E-state index in [9.17, 15) is 0 Å². The van der Waals surface area contributed by atoms with E-state index in [2.05, 4.69) is 60.2 Å². The monoisotopic (exact) mass is 267 g/mol. The Labute approximate surface area is 100 Å². The molecule has 2 heteroatoms. The predicted octanol–water partition coefficient (Wildman–Crippen LogP) is 4.36. The molecule has 1 unspecified atom stereocenters. The van der Waals surface area contributed by atoms with Gasteiger partial charge in [0.05, 0.1) is 0 Å². The number of rotatable bonds is 3. The summed E-state index contributed by atoms with van der Waals surface area (Å²) in [6.07, 6.45) is 2.71. The highest BCUT2D eigenvalue weighted by Gasteiger charge is 2.42. The molecule has 1 aliphatic rings. The van der Waals surface area contributed by atoms with E-state index in [0.29, 0.717) is 11.5 Å². The molecule has 0 spiro atoms. The lowest BCUT2D eigenvalue weighted by Crippen LogP contribution is -2.24. The summed E-state index contributed by atoms with van der Waals surface area (Å²) in [6, 6.07) is 7.04. The number of aryl methyl sites for hydroxylation is 1. The van der Waals surface area contributed by atoms with Gasteiger partial charge < -0.3 is 5.32 Å². The van der Waals surface area contributed by atoms with E-state index in [4.69, 9.17) is 0 Å². The molecule has 1 nitrogen and oxygen atoms in total. The lowest BCUT2D eigenvalue weighted by atomic mass is 10.0. The first-order valence-electron chi connectivity index (χ1n) is 5.53. The average molecular weight is 268 g/mol. The second-order valence-electron chi connectivity index (χ2n) is 5.04. The van der Waals surface area contributed by atoms with E-state index >= 15 is 0 Å². The molecular formula is C13H18BrN. The van der Waals surface area contributed by atoms with Gasteiger partial charge in [-0.15, -0.1) is 0 Å². The Bertz CT molecular complexity index is 349. The van der Waals surface area contributed by atoms with Crippen molar-refractivity contribution >= 4 is 21.6 Å². The fraction of sp³-hybridized carbons (Fsp3) is 0.538. The molecule has 0 bridgehead atoms. The Morgan fingerprint density at radius 1 is 1.33 bits per heavy atom. The maximum atomic E-state index is 3.60. The van der Waals surface area contributed by atoms with Gasteiger partial charge in [0.15, 0.2) is 0 Å². The Morgan fingerprint density at radius 3 is 2.53 bits per heavy atom. The predicted molar refractivity (Wildman–Crippen MR) is 69.3 cm³/mol. The van der Waals surface area contributed by atoms with Crippen molar-refractivity contribution in [3.63, 3.8) is 0 Å². The molecule has 1 aliphatic carbocycles. The van der Waals surface area contributed by atoms with E-state index in [0.717, 1.165) is 4.47 Å². The van der Waals surface area contributed by atoms with E-state index in [1.807, 2.05) is 0 Å². The average Bonchev–Trinajstić information content (AvgIpc) is 2.83. The lowest BCUT2D eigenvalue weighted by Gasteiger charge is -2.22. The summed E-state index contributed by atoms with van der Waals surface area (Å²) in [6.45, 7) is 6.76. The quantitative estimate of drug-likeness (QED) is 0.858. The zero-order valence-electron chi connectivity index (χ0n) is 9.60. The van der Waals surface area contributed by atoms with E-state index < -0.39 is 0 Å². The minimum atomic E-state index is 0.524. The van der Waals surface area contributed by atoms with Crippen molar-refractivity contribution in [2.45, 2.75) is 39.7 Å². The smallest absolute Gasteiger partial charge is 0.0356 e. The van der Waals surface area contributed by atoms with Gasteiger partial charge in [0, 0.05) is 16.2 Å². The van der Waals surface area contributed by atoms with Crippen molar-refractivity contribution in [1.29, 1.82) is 0 Å². The van der Waals surface area contributed by atoms with Gasteiger partial charge in [-0.3, -0.25) is 0 Å². The van der Waals surface area contributed by atoms with Crippen molar-refractivity contribution in [2.75, 3.05) is 5.32 Å². The van der Waals surface area contributed by atoms with Crippen molar-refractivity contribution in [3.8, 4) is 0 Å². The zero-order chi connectivity index (χ0) is 11.1. The summed E-state index contributed by atoms with van der Waals surface area (Å²) in [7, 11) is 0. The number of benzene rings is 1. The molecule has 0 amide bonds. The highest BCUT2D eigenvalue weighted by atomic mass is 79.9. The Kier molecular flexibility index (Phi) is 2.80. The molecule has 1 N–H and O–H groups in total. The van der Waals surface area contributed by atoms with Gasteiger partial charge in [-0.2, -0.15) is 0 Å². The molecule has 0 radical (unpaired) electrons. The van der Waals surface area contributed by atoms with Crippen LogP contribution in [0.3, 0.4) is 0 Å². The van der Waals surface area contributed by atoms with Gasteiger partial charge in [-0.1, -0.05) is 22.9 Å². The van der Waals surface area contributed by atoms with Crippen LogP contribution in [0.25, 0.3) is 0 Å². The fourth-order valence-electron chi connectivity index (χ4n) is 1.87. The third kappa shape index (κ3) is 2.54. The van der Waals surface area contributed by atoms with Crippen LogP contribution < -0.4 is 5.32 Å². The topological polar surface area (TPSA) is 12.0 Å². The van der Waals surface area contributed by atoms with Crippen LogP contribution in [0.1, 0.15) is 32.3 Å². The van der Waals surface area contributed by atoms with E-state index in [1.165, 1.54) is 24.1 Å². The highest BCUT2D eigenvalue weighted by Crippen LogP contribution is 2.48. The number of nitrogens with one attached hydrogen (secondary N) is 1. The molecule has 1 aromatic rings. The van der Waals surface area contributed by atoms with Crippen molar-refractivity contribution in [2.24, 2.45) is 5.41 Å². The highest BCUT2D eigenvalue weighted by molar-refractivity contribution is 9.10. The number of hydrogen-bond acceptors (Lipinski definition) is 1. The number of anilines is 1. The third-order valence-electron chi connectivity index (χ3n) is 3.51. The molecule has 0 aliphatic heterocycles. The first-order chi connectivity index (χ1) is 6.99. The molecule has 0 saturated heterocycles. The summed E-state index contributed by atoms with van der Waals surface area (Å²) in [5.74, 6) is 0. The summed E-state index contributed by atoms with van der Waals surface area (Å²) < 4.78 is 1.15. The van der Waals surface area contributed by atoms with Crippen LogP contribution in [0, 0.1) is 12.3 Å². The molecule has 82 valence electrons. The summed E-state index contributed by atoms with van der Waals surface area (Å²) in [5.41, 5.74) is 3.04. The summed E-state index contributed by atoms with van der Waals surface area (Å²) >= 11 is 3.53. The van der Waals surface area contributed by atoms with Gasteiger partial charge in [-0.25, -0.2) is 0 Å². The van der Waals surface area contributed by atoms with Crippen molar-refractivity contribution < 1.29 is 0 Å². The van der Waals surface area contributed by atoms with Gasteiger partial charge in [-0.05, 0) is 55.9 Å². The van der Waals surface area contributed by atoms with Crippen LogP contribution in [-0.4, -0.2) is 6.04 Å². The number of halogens is 1. The normalized spacial score (nSPS) is 19.7. The van der Waals surface area contributed by atoms with Gasteiger partial charge in [0.1, 0.15) is 0 Å². The number of hydrogen-bond donors (Lipinski definition) is 1. The van der Waals surface area contributed by atoms with Gasteiger partial charge >= 0.3 is 0 Å². The van der Waals surface area contributed by atoms with Crippen LogP contribution in [0.5, 0.6) is 0 Å². The maximum Gasteiger partial charge on any atom is 0.0356 e. The van der Waals surface area contributed by atoms with Crippen LogP contribution in [-0.2, 0) is 0 Å². The van der Waals surface area contributed by atoms with Gasteiger partial charge in [0.25, 0.3) is 0 Å². The zero-order valence-corrected chi connectivity index (χ0v) is 11.2. The molecule has 1 fully saturated rings.